The van der Waals surface area contributed by atoms with E-state index >= 15 is 0 Å². The highest BCUT2D eigenvalue weighted by molar-refractivity contribution is 5.66. The van der Waals surface area contributed by atoms with Crippen molar-refractivity contribution in [2.75, 3.05) is 12.8 Å². The van der Waals surface area contributed by atoms with Crippen molar-refractivity contribution >= 4 is 5.69 Å². The average molecular weight is 273 g/mol. The van der Waals surface area contributed by atoms with Gasteiger partial charge in [-0.05, 0) is 47.4 Å². The maximum atomic E-state index is 5.95. The Morgan fingerprint density at radius 1 is 1.45 bits per heavy atom. The van der Waals surface area contributed by atoms with Crippen molar-refractivity contribution in [2.24, 2.45) is 5.92 Å². The van der Waals surface area contributed by atoms with Crippen molar-refractivity contribution in [3.05, 3.63) is 18.2 Å². The van der Waals surface area contributed by atoms with Crippen molar-refractivity contribution in [3.8, 4) is 17.1 Å². The Balaban J connectivity index is 1.88. The Morgan fingerprint density at radius 2 is 2.30 bits per heavy atom. The van der Waals surface area contributed by atoms with Crippen molar-refractivity contribution in [3.63, 3.8) is 0 Å². The second kappa shape index (κ2) is 5.11. The van der Waals surface area contributed by atoms with Crippen LogP contribution >= 0.6 is 0 Å². The maximum Gasteiger partial charge on any atom is 0.182 e. The molecule has 1 aliphatic carbocycles. The molecule has 1 saturated carbocycles. The number of methoxy groups -OCH3 is 1. The highest BCUT2D eigenvalue weighted by Crippen LogP contribution is 2.47. The molecule has 0 amide bonds. The van der Waals surface area contributed by atoms with E-state index in [1.165, 1.54) is 12.8 Å². The van der Waals surface area contributed by atoms with Crippen LogP contribution in [0.3, 0.4) is 0 Å². The van der Waals surface area contributed by atoms with Gasteiger partial charge in [-0.2, -0.15) is 0 Å². The quantitative estimate of drug-likeness (QED) is 0.845. The topological polar surface area (TPSA) is 78.8 Å². The minimum absolute atomic E-state index is 0.434. The number of hydrogen-bond donors (Lipinski definition) is 1. The molecule has 1 aliphatic rings. The number of nitrogens with two attached hydrogens (primary N) is 1. The van der Waals surface area contributed by atoms with Gasteiger partial charge in [0.25, 0.3) is 0 Å². The third-order valence-corrected chi connectivity index (χ3v) is 3.84. The first-order chi connectivity index (χ1) is 9.74. The highest BCUT2D eigenvalue weighted by Gasteiger charge is 2.40. The lowest BCUT2D eigenvalue weighted by atomic mass is 10.1. The molecule has 0 aliphatic heterocycles. The fourth-order valence-corrected chi connectivity index (χ4v) is 2.69. The number of nitrogen functional groups attached to an aromatic ring is 1. The second-order valence-electron chi connectivity index (χ2n) is 5.26. The third kappa shape index (κ3) is 2.21. The molecule has 6 heteroatoms. The van der Waals surface area contributed by atoms with Crippen LogP contribution in [0.1, 0.15) is 32.2 Å². The van der Waals surface area contributed by atoms with Crippen molar-refractivity contribution in [2.45, 2.75) is 32.2 Å². The molecular formula is C14H19N5O. The molecule has 0 spiro atoms. The molecule has 2 unspecified atom stereocenters. The summed E-state index contributed by atoms with van der Waals surface area (Å²) in [5.41, 5.74) is 7.48. The maximum absolute atomic E-state index is 5.95. The smallest absolute Gasteiger partial charge is 0.182 e. The normalized spacial score (nSPS) is 20.9. The first-order valence-corrected chi connectivity index (χ1v) is 6.96. The lowest BCUT2D eigenvalue weighted by Gasteiger charge is -2.07. The van der Waals surface area contributed by atoms with Gasteiger partial charge in [-0.1, -0.05) is 13.3 Å². The zero-order valence-corrected chi connectivity index (χ0v) is 11.8. The summed E-state index contributed by atoms with van der Waals surface area (Å²) in [7, 11) is 1.61. The first kappa shape index (κ1) is 12.9. The average Bonchev–Trinajstić information content (AvgIpc) is 3.03. The number of hydrogen-bond acceptors (Lipinski definition) is 5. The Labute approximate surface area is 117 Å². The highest BCUT2D eigenvalue weighted by atomic mass is 16.5. The summed E-state index contributed by atoms with van der Waals surface area (Å²) < 4.78 is 7.11. The van der Waals surface area contributed by atoms with Gasteiger partial charge in [0.15, 0.2) is 5.82 Å². The summed E-state index contributed by atoms with van der Waals surface area (Å²) >= 11 is 0. The van der Waals surface area contributed by atoms with E-state index in [1.807, 2.05) is 22.9 Å². The van der Waals surface area contributed by atoms with Gasteiger partial charge in [-0.15, -0.1) is 5.10 Å². The molecular weight excluding hydrogens is 254 g/mol. The van der Waals surface area contributed by atoms with Crippen LogP contribution in [0.5, 0.6) is 5.75 Å². The van der Waals surface area contributed by atoms with Crippen LogP contribution in [0.4, 0.5) is 5.69 Å². The van der Waals surface area contributed by atoms with Crippen LogP contribution in [0.2, 0.25) is 0 Å². The predicted octanol–water partition coefficient (Wildman–Crippen LogP) is 2.29. The van der Waals surface area contributed by atoms with Gasteiger partial charge in [0.05, 0.1) is 18.8 Å². The third-order valence-electron chi connectivity index (χ3n) is 3.84. The molecule has 2 aromatic rings. The molecule has 1 fully saturated rings. The minimum Gasteiger partial charge on any atom is -0.495 e. The van der Waals surface area contributed by atoms with Crippen LogP contribution in [0.15, 0.2) is 18.2 Å². The van der Waals surface area contributed by atoms with E-state index in [-0.39, 0.29) is 0 Å². The van der Waals surface area contributed by atoms with Gasteiger partial charge in [-0.25, -0.2) is 4.68 Å². The number of anilines is 1. The molecule has 0 bridgehead atoms. The van der Waals surface area contributed by atoms with Crippen molar-refractivity contribution in [1.29, 1.82) is 0 Å². The van der Waals surface area contributed by atoms with Crippen LogP contribution in [0, 0.1) is 5.92 Å². The lowest BCUT2D eigenvalue weighted by Crippen LogP contribution is -2.02. The van der Waals surface area contributed by atoms with Gasteiger partial charge < -0.3 is 10.5 Å². The summed E-state index contributed by atoms with van der Waals surface area (Å²) in [5, 5.41) is 12.1. The lowest BCUT2D eigenvalue weighted by molar-refractivity contribution is 0.417. The number of benzene rings is 1. The van der Waals surface area contributed by atoms with E-state index < -0.39 is 0 Å². The summed E-state index contributed by atoms with van der Waals surface area (Å²) in [5.74, 6) is 2.16. The van der Waals surface area contributed by atoms with Gasteiger partial charge in [0.2, 0.25) is 0 Å². The molecule has 2 N–H and O–H groups in total. The van der Waals surface area contributed by atoms with Crippen LogP contribution in [0.25, 0.3) is 11.4 Å². The number of aromatic nitrogens is 4. The molecule has 3 rings (SSSR count). The number of tetrazole rings is 1. The summed E-state index contributed by atoms with van der Waals surface area (Å²) in [6, 6.07) is 6.08. The molecule has 106 valence electrons. The van der Waals surface area contributed by atoms with Crippen LogP contribution in [-0.2, 0) is 0 Å². The number of rotatable bonds is 5. The number of ether oxygens (including phenoxy) is 1. The Kier molecular flexibility index (Phi) is 3.30. The van der Waals surface area contributed by atoms with Gasteiger partial charge in [-0.3, -0.25) is 0 Å². The van der Waals surface area contributed by atoms with Crippen LogP contribution < -0.4 is 10.5 Å². The van der Waals surface area contributed by atoms with E-state index in [4.69, 9.17) is 10.5 Å². The van der Waals surface area contributed by atoms with Crippen molar-refractivity contribution < 1.29 is 4.74 Å². The van der Waals surface area contributed by atoms with E-state index in [2.05, 4.69) is 22.4 Å². The minimum atomic E-state index is 0.434. The summed E-state index contributed by atoms with van der Waals surface area (Å²) in [4.78, 5) is 0. The first-order valence-electron chi connectivity index (χ1n) is 6.96. The summed E-state index contributed by atoms with van der Waals surface area (Å²) in [6.07, 6.45) is 3.60. The standard InChI is InChI=1S/C14H19N5O/c1-3-4-9-8-12(9)19-14(16-17-18-19)10-5-6-13(20-2)11(15)7-10/h5-7,9,12H,3-4,8,15H2,1-2H3. The molecule has 1 heterocycles. The van der Waals surface area contributed by atoms with E-state index in [0.717, 1.165) is 17.8 Å². The van der Waals surface area contributed by atoms with Gasteiger partial charge in [0.1, 0.15) is 5.75 Å². The molecule has 1 aromatic heterocycles. The molecule has 0 saturated heterocycles. The van der Waals surface area contributed by atoms with Crippen LogP contribution in [-0.4, -0.2) is 27.3 Å². The van der Waals surface area contributed by atoms with E-state index in [0.29, 0.717) is 23.4 Å². The van der Waals surface area contributed by atoms with Gasteiger partial charge in [0, 0.05) is 5.56 Å². The van der Waals surface area contributed by atoms with Crippen molar-refractivity contribution in [1.82, 2.24) is 20.2 Å². The second-order valence-corrected chi connectivity index (χ2v) is 5.26. The summed E-state index contributed by atoms with van der Waals surface area (Å²) in [6.45, 7) is 2.21. The number of nitrogens with zero attached hydrogens (tertiary/aromatic N) is 4. The Hall–Kier alpha value is -2.11. The fourth-order valence-electron chi connectivity index (χ4n) is 2.69. The Morgan fingerprint density at radius 3 is 3.00 bits per heavy atom. The van der Waals surface area contributed by atoms with E-state index in [9.17, 15) is 0 Å². The zero-order valence-electron chi connectivity index (χ0n) is 11.8. The zero-order chi connectivity index (χ0) is 14.1. The van der Waals surface area contributed by atoms with Gasteiger partial charge >= 0.3 is 0 Å². The molecule has 1 aromatic carbocycles. The van der Waals surface area contributed by atoms with E-state index in [1.54, 1.807) is 7.11 Å². The Bertz CT molecular complexity index is 609. The predicted molar refractivity (Wildman–Crippen MR) is 76.3 cm³/mol. The SMILES string of the molecule is CCCC1CC1n1nnnc1-c1ccc(OC)c(N)c1. The molecule has 20 heavy (non-hydrogen) atoms. The largest absolute Gasteiger partial charge is 0.495 e. The molecule has 0 radical (unpaired) electrons. The monoisotopic (exact) mass is 273 g/mol. The molecule has 2 atom stereocenters. The fraction of sp³-hybridized carbons (Fsp3) is 0.500. The molecule has 6 nitrogen and oxygen atoms in total.